The summed E-state index contributed by atoms with van der Waals surface area (Å²) in [5.41, 5.74) is 3.55. The highest BCUT2D eigenvalue weighted by Crippen LogP contribution is 2.26. The van der Waals surface area contributed by atoms with Crippen LogP contribution in [-0.2, 0) is 22.5 Å². The van der Waals surface area contributed by atoms with E-state index in [1.165, 1.54) is 11.1 Å². The van der Waals surface area contributed by atoms with Crippen molar-refractivity contribution in [1.82, 2.24) is 14.9 Å². The molecule has 1 N–H and O–H groups in total. The number of aromatic nitrogens is 2. The number of hydrogen-bond acceptors (Lipinski definition) is 4. The highest BCUT2D eigenvalue weighted by Gasteiger charge is 2.22. The van der Waals surface area contributed by atoms with E-state index >= 15 is 0 Å². The van der Waals surface area contributed by atoms with Gasteiger partial charge in [-0.05, 0) is 68.2 Å². The Labute approximate surface area is 215 Å². The fourth-order valence-electron chi connectivity index (χ4n) is 4.90. The first kappa shape index (κ1) is 26.2. The van der Waals surface area contributed by atoms with Gasteiger partial charge in [0.1, 0.15) is 17.7 Å². The molecule has 0 aliphatic carbocycles. The first-order valence-corrected chi connectivity index (χ1v) is 13.7. The molecule has 0 bridgehead atoms. The normalized spacial score (nSPS) is 15.6. The van der Waals surface area contributed by atoms with Gasteiger partial charge in [-0.1, -0.05) is 50.6 Å². The standard InChI is InChI=1S/C30H41N3O3/c1-23(2)24-13-5-8-16-27(24)35-21-11-10-20-33-26-15-7-6-14-25(26)32-29(33)18-4-3-9-19-31-30(34)28-17-12-22-36-28/h5-8,13-16,23,28H,3-4,9-12,17-22H2,1-2H3,(H,31,34). The lowest BCUT2D eigenvalue weighted by Crippen LogP contribution is -2.34. The molecule has 4 rings (SSSR count). The third-order valence-electron chi connectivity index (χ3n) is 6.91. The van der Waals surface area contributed by atoms with E-state index in [9.17, 15) is 4.79 Å². The fraction of sp³-hybridized carbons (Fsp3) is 0.533. The van der Waals surface area contributed by atoms with E-state index in [0.717, 1.165) is 88.2 Å². The first-order valence-electron chi connectivity index (χ1n) is 13.7. The van der Waals surface area contributed by atoms with Gasteiger partial charge in [-0.15, -0.1) is 0 Å². The molecule has 1 unspecified atom stereocenters. The van der Waals surface area contributed by atoms with E-state index in [4.69, 9.17) is 14.5 Å². The third kappa shape index (κ3) is 7.10. The number of fused-ring (bicyclic) bond motifs is 1. The van der Waals surface area contributed by atoms with Crippen LogP contribution in [0, 0.1) is 0 Å². The molecule has 0 radical (unpaired) electrons. The predicted molar refractivity (Wildman–Crippen MR) is 145 cm³/mol. The van der Waals surface area contributed by atoms with Gasteiger partial charge in [-0.2, -0.15) is 0 Å². The Balaban J connectivity index is 1.22. The van der Waals surface area contributed by atoms with E-state index in [-0.39, 0.29) is 12.0 Å². The fourth-order valence-corrected chi connectivity index (χ4v) is 4.90. The van der Waals surface area contributed by atoms with Crippen LogP contribution in [0.5, 0.6) is 5.75 Å². The zero-order valence-electron chi connectivity index (χ0n) is 21.9. The Morgan fingerprint density at radius 3 is 2.75 bits per heavy atom. The van der Waals surface area contributed by atoms with Crippen LogP contribution < -0.4 is 10.1 Å². The number of nitrogens with zero attached hydrogens (tertiary/aromatic N) is 2. The van der Waals surface area contributed by atoms with E-state index in [1.807, 2.05) is 6.07 Å². The van der Waals surface area contributed by atoms with Crippen molar-refractivity contribution in [1.29, 1.82) is 0 Å². The number of hydrogen-bond donors (Lipinski definition) is 1. The summed E-state index contributed by atoms with van der Waals surface area (Å²) in [5.74, 6) is 2.67. The molecule has 2 heterocycles. The number of carbonyl (C=O) groups excluding carboxylic acids is 1. The van der Waals surface area contributed by atoms with Gasteiger partial charge in [0, 0.05) is 26.1 Å². The van der Waals surface area contributed by atoms with Gasteiger partial charge in [0.15, 0.2) is 0 Å². The number of ether oxygens (including phenoxy) is 2. The smallest absolute Gasteiger partial charge is 0.249 e. The Bertz CT molecular complexity index is 1100. The summed E-state index contributed by atoms with van der Waals surface area (Å²) in [5, 5.41) is 3.02. The summed E-state index contributed by atoms with van der Waals surface area (Å²) >= 11 is 0. The summed E-state index contributed by atoms with van der Waals surface area (Å²) < 4.78 is 14.0. The summed E-state index contributed by atoms with van der Waals surface area (Å²) in [4.78, 5) is 17.0. The predicted octanol–water partition coefficient (Wildman–Crippen LogP) is 6.03. The van der Waals surface area contributed by atoms with Gasteiger partial charge in [0.2, 0.25) is 5.91 Å². The van der Waals surface area contributed by atoms with Gasteiger partial charge in [-0.25, -0.2) is 4.98 Å². The molecule has 1 aliphatic heterocycles. The lowest BCUT2D eigenvalue weighted by atomic mass is 10.0. The van der Waals surface area contributed by atoms with Gasteiger partial charge < -0.3 is 19.4 Å². The number of rotatable bonds is 14. The highest BCUT2D eigenvalue weighted by atomic mass is 16.5. The molecule has 1 aliphatic rings. The monoisotopic (exact) mass is 491 g/mol. The van der Waals surface area contributed by atoms with Gasteiger partial charge in [0.05, 0.1) is 17.6 Å². The van der Waals surface area contributed by atoms with Crippen molar-refractivity contribution in [3.8, 4) is 5.75 Å². The zero-order chi connectivity index (χ0) is 25.2. The number of para-hydroxylation sites is 3. The van der Waals surface area contributed by atoms with Crippen LogP contribution in [0.25, 0.3) is 11.0 Å². The molecule has 1 aromatic heterocycles. The van der Waals surface area contributed by atoms with E-state index in [1.54, 1.807) is 0 Å². The van der Waals surface area contributed by atoms with Crippen LogP contribution in [0.4, 0.5) is 0 Å². The molecular formula is C30H41N3O3. The van der Waals surface area contributed by atoms with E-state index in [2.05, 4.69) is 66.2 Å². The Hall–Kier alpha value is -2.86. The molecule has 6 heteroatoms. The largest absolute Gasteiger partial charge is 0.493 e. The number of nitrogens with one attached hydrogen (secondary N) is 1. The minimum Gasteiger partial charge on any atom is -0.493 e. The molecular weight excluding hydrogens is 450 g/mol. The van der Waals surface area contributed by atoms with Crippen LogP contribution >= 0.6 is 0 Å². The van der Waals surface area contributed by atoms with Crippen molar-refractivity contribution < 1.29 is 14.3 Å². The summed E-state index contributed by atoms with van der Waals surface area (Å²) in [6.45, 7) is 7.50. The number of amides is 1. The Kier molecular flexibility index (Phi) is 9.79. The maximum atomic E-state index is 12.1. The summed E-state index contributed by atoms with van der Waals surface area (Å²) in [7, 11) is 0. The van der Waals surface area contributed by atoms with Crippen molar-refractivity contribution in [2.75, 3.05) is 19.8 Å². The number of unbranched alkanes of at least 4 members (excludes halogenated alkanes) is 3. The Morgan fingerprint density at radius 2 is 1.92 bits per heavy atom. The number of carbonyl (C=O) groups is 1. The Morgan fingerprint density at radius 1 is 1.08 bits per heavy atom. The van der Waals surface area contributed by atoms with Crippen molar-refractivity contribution >= 4 is 16.9 Å². The molecule has 1 atom stereocenters. The minimum atomic E-state index is -0.236. The second-order valence-electron chi connectivity index (χ2n) is 10.0. The molecule has 1 saturated heterocycles. The maximum Gasteiger partial charge on any atom is 0.249 e. The summed E-state index contributed by atoms with van der Waals surface area (Å²) in [6, 6.07) is 16.8. The van der Waals surface area contributed by atoms with Gasteiger partial charge in [0.25, 0.3) is 0 Å². The molecule has 194 valence electrons. The van der Waals surface area contributed by atoms with Crippen molar-refractivity contribution in [2.24, 2.45) is 0 Å². The molecule has 2 aromatic carbocycles. The third-order valence-corrected chi connectivity index (χ3v) is 6.91. The second kappa shape index (κ2) is 13.4. The van der Waals surface area contributed by atoms with Crippen LogP contribution in [0.2, 0.25) is 0 Å². The topological polar surface area (TPSA) is 65.4 Å². The average molecular weight is 492 g/mol. The second-order valence-corrected chi connectivity index (χ2v) is 10.0. The SMILES string of the molecule is CC(C)c1ccccc1OCCCCn1c(CCCCCNC(=O)C2CCCO2)nc2ccccc21. The maximum absolute atomic E-state index is 12.1. The van der Waals surface area contributed by atoms with E-state index < -0.39 is 0 Å². The van der Waals surface area contributed by atoms with Crippen LogP contribution in [0.3, 0.4) is 0 Å². The van der Waals surface area contributed by atoms with E-state index in [0.29, 0.717) is 12.5 Å². The van der Waals surface area contributed by atoms with Crippen molar-refractivity contribution in [3.05, 3.63) is 59.9 Å². The lowest BCUT2D eigenvalue weighted by Gasteiger charge is -2.14. The molecule has 0 saturated carbocycles. The number of aryl methyl sites for hydroxylation is 2. The van der Waals surface area contributed by atoms with Gasteiger partial charge in [-0.3, -0.25) is 4.79 Å². The first-order chi connectivity index (χ1) is 17.6. The van der Waals surface area contributed by atoms with Crippen LogP contribution in [0.1, 0.15) is 76.1 Å². The van der Waals surface area contributed by atoms with Crippen LogP contribution in [0.15, 0.2) is 48.5 Å². The van der Waals surface area contributed by atoms with Crippen molar-refractivity contribution in [2.45, 2.75) is 83.8 Å². The average Bonchev–Trinajstić information content (AvgIpc) is 3.55. The molecule has 6 nitrogen and oxygen atoms in total. The zero-order valence-corrected chi connectivity index (χ0v) is 21.9. The number of imidazole rings is 1. The van der Waals surface area contributed by atoms with Gasteiger partial charge >= 0.3 is 0 Å². The highest BCUT2D eigenvalue weighted by molar-refractivity contribution is 5.80. The lowest BCUT2D eigenvalue weighted by molar-refractivity contribution is -0.130. The summed E-state index contributed by atoms with van der Waals surface area (Å²) in [6.07, 6.45) is 7.71. The molecule has 1 fully saturated rings. The molecule has 3 aromatic rings. The minimum absolute atomic E-state index is 0.0472. The van der Waals surface area contributed by atoms with Crippen molar-refractivity contribution in [3.63, 3.8) is 0 Å². The molecule has 1 amide bonds. The van der Waals surface area contributed by atoms with Crippen LogP contribution in [-0.4, -0.2) is 41.3 Å². The molecule has 0 spiro atoms. The molecule has 36 heavy (non-hydrogen) atoms. The number of benzene rings is 2. The quantitative estimate of drug-likeness (QED) is 0.280.